The molecule has 0 spiro atoms. The topological polar surface area (TPSA) is 62.7 Å². The smallest absolute Gasteiger partial charge is 0.306 e. The quantitative estimate of drug-likeness (QED) is 0.525. The van der Waals surface area contributed by atoms with Gasteiger partial charge in [0.1, 0.15) is 10.8 Å². The molecule has 1 aromatic heterocycles. The molecule has 0 aliphatic carbocycles. The second-order valence-corrected chi connectivity index (χ2v) is 9.34. The number of rotatable bonds is 7. The maximum Gasteiger partial charge on any atom is 0.306 e. The lowest BCUT2D eigenvalue weighted by Gasteiger charge is -2.30. The minimum atomic E-state index is -0.661. The van der Waals surface area contributed by atoms with Crippen LogP contribution in [-0.2, 0) is 11.3 Å². The molecule has 1 aliphatic heterocycles. The van der Waals surface area contributed by atoms with E-state index in [4.69, 9.17) is 9.84 Å². The SMILES string of the molecule is CC(C)Oc1ccc(-c2cnc(-c3ccc(CN4CCC(C(=O)O)CC4)cc3)s2)cc1. The van der Waals surface area contributed by atoms with Crippen LogP contribution in [0.1, 0.15) is 32.3 Å². The van der Waals surface area contributed by atoms with Crippen LogP contribution in [0.15, 0.2) is 54.7 Å². The van der Waals surface area contributed by atoms with Crippen molar-refractivity contribution in [3.05, 3.63) is 60.3 Å². The van der Waals surface area contributed by atoms with Gasteiger partial charge in [-0.25, -0.2) is 4.98 Å². The molecule has 0 unspecified atom stereocenters. The molecule has 2 aromatic carbocycles. The Labute approximate surface area is 187 Å². The number of aliphatic carboxylic acids is 1. The molecular weight excluding hydrogens is 408 g/mol. The van der Waals surface area contributed by atoms with Crippen molar-refractivity contribution >= 4 is 17.3 Å². The zero-order valence-electron chi connectivity index (χ0n) is 18.0. The minimum Gasteiger partial charge on any atom is -0.491 e. The van der Waals surface area contributed by atoms with Crippen molar-refractivity contribution in [3.63, 3.8) is 0 Å². The first-order valence-electron chi connectivity index (χ1n) is 10.8. The third-order valence-electron chi connectivity index (χ3n) is 5.56. The van der Waals surface area contributed by atoms with Gasteiger partial charge in [0.05, 0.1) is 16.9 Å². The Morgan fingerprint density at radius 3 is 2.35 bits per heavy atom. The van der Waals surface area contributed by atoms with Gasteiger partial charge in [0, 0.05) is 18.3 Å². The van der Waals surface area contributed by atoms with Crippen LogP contribution in [0.5, 0.6) is 5.75 Å². The fourth-order valence-corrected chi connectivity index (χ4v) is 4.79. The number of likely N-dealkylation sites (tertiary alicyclic amines) is 1. The van der Waals surface area contributed by atoms with Gasteiger partial charge in [-0.3, -0.25) is 9.69 Å². The molecule has 0 bridgehead atoms. The van der Waals surface area contributed by atoms with Gasteiger partial charge in [-0.2, -0.15) is 0 Å². The number of carbonyl (C=O) groups is 1. The first kappa shape index (κ1) is 21.5. The molecule has 6 heteroatoms. The van der Waals surface area contributed by atoms with Crippen molar-refractivity contribution in [3.8, 4) is 26.8 Å². The Kier molecular flexibility index (Phi) is 6.68. The number of benzene rings is 2. The number of aromatic nitrogens is 1. The van der Waals surface area contributed by atoms with E-state index in [2.05, 4.69) is 46.3 Å². The summed E-state index contributed by atoms with van der Waals surface area (Å²) in [6.07, 6.45) is 3.57. The Morgan fingerprint density at radius 1 is 1.10 bits per heavy atom. The van der Waals surface area contributed by atoms with Crippen LogP contribution in [0, 0.1) is 5.92 Å². The summed E-state index contributed by atoms with van der Waals surface area (Å²) in [5.74, 6) is 0.0366. The molecule has 4 rings (SSSR count). The molecule has 1 fully saturated rings. The highest BCUT2D eigenvalue weighted by molar-refractivity contribution is 7.18. The highest BCUT2D eigenvalue weighted by atomic mass is 32.1. The Bertz CT molecular complexity index is 1000. The molecule has 0 atom stereocenters. The monoisotopic (exact) mass is 436 g/mol. The number of hydrogen-bond donors (Lipinski definition) is 1. The maximum atomic E-state index is 11.1. The summed E-state index contributed by atoms with van der Waals surface area (Å²) in [7, 11) is 0. The average Bonchev–Trinajstić information content (AvgIpc) is 3.25. The van der Waals surface area contributed by atoms with E-state index < -0.39 is 5.97 Å². The summed E-state index contributed by atoms with van der Waals surface area (Å²) >= 11 is 1.69. The molecule has 1 N–H and O–H groups in total. The number of carboxylic acids is 1. The molecule has 2 heterocycles. The molecule has 31 heavy (non-hydrogen) atoms. The van der Waals surface area contributed by atoms with E-state index in [1.54, 1.807) is 11.3 Å². The zero-order valence-corrected chi connectivity index (χ0v) is 18.8. The van der Waals surface area contributed by atoms with Crippen LogP contribution in [0.25, 0.3) is 21.0 Å². The summed E-state index contributed by atoms with van der Waals surface area (Å²) < 4.78 is 5.72. The average molecular weight is 437 g/mol. The molecule has 0 radical (unpaired) electrons. The largest absolute Gasteiger partial charge is 0.491 e. The first-order valence-corrected chi connectivity index (χ1v) is 11.6. The Balaban J connectivity index is 1.37. The van der Waals surface area contributed by atoms with Crippen molar-refractivity contribution in [2.45, 2.75) is 39.3 Å². The number of piperidine rings is 1. The molecule has 5 nitrogen and oxygen atoms in total. The molecule has 162 valence electrons. The maximum absolute atomic E-state index is 11.1. The standard InChI is InChI=1S/C25H28N2O3S/c1-17(2)30-22-9-7-19(8-10-22)23-15-26-24(31-23)20-5-3-18(4-6-20)16-27-13-11-21(12-14-27)25(28)29/h3-10,15,17,21H,11-14,16H2,1-2H3,(H,28,29). The molecule has 1 saturated heterocycles. The van der Waals surface area contributed by atoms with Gasteiger partial charge in [-0.05, 0) is 75.2 Å². The van der Waals surface area contributed by atoms with Crippen molar-refractivity contribution in [2.75, 3.05) is 13.1 Å². The summed E-state index contributed by atoms with van der Waals surface area (Å²) in [6, 6.07) is 16.7. The van der Waals surface area contributed by atoms with Crippen LogP contribution in [0.3, 0.4) is 0 Å². The van der Waals surface area contributed by atoms with Gasteiger partial charge >= 0.3 is 5.97 Å². The predicted molar refractivity (Wildman–Crippen MR) is 124 cm³/mol. The lowest BCUT2D eigenvalue weighted by atomic mass is 9.97. The van der Waals surface area contributed by atoms with E-state index in [1.165, 1.54) is 5.56 Å². The summed E-state index contributed by atoms with van der Waals surface area (Å²) in [6.45, 7) is 6.59. The van der Waals surface area contributed by atoms with E-state index in [0.29, 0.717) is 0 Å². The number of nitrogens with zero attached hydrogens (tertiary/aromatic N) is 2. The second-order valence-electron chi connectivity index (χ2n) is 8.31. The van der Waals surface area contributed by atoms with Crippen LogP contribution >= 0.6 is 11.3 Å². The highest BCUT2D eigenvalue weighted by Gasteiger charge is 2.24. The summed E-state index contributed by atoms with van der Waals surface area (Å²) in [4.78, 5) is 19.2. The van der Waals surface area contributed by atoms with Gasteiger partial charge in [0.15, 0.2) is 0 Å². The normalized spacial score (nSPS) is 15.3. The zero-order chi connectivity index (χ0) is 21.8. The molecule has 1 aliphatic rings. The van der Waals surface area contributed by atoms with E-state index in [-0.39, 0.29) is 12.0 Å². The van der Waals surface area contributed by atoms with Crippen LogP contribution in [0.2, 0.25) is 0 Å². The molecular formula is C25H28N2O3S. The van der Waals surface area contributed by atoms with Crippen molar-refractivity contribution in [2.24, 2.45) is 5.92 Å². The van der Waals surface area contributed by atoms with Crippen molar-refractivity contribution in [1.82, 2.24) is 9.88 Å². The third kappa shape index (κ3) is 5.51. The fourth-order valence-electron chi connectivity index (χ4n) is 3.86. The van der Waals surface area contributed by atoms with E-state index in [0.717, 1.165) is 59.2 Å². The van der Waals surface area contributed by atoms with Gasteiger partial charge in [0.2, 0.25) is 0 Å². The molecule has 0 saturated carbocycles. The number of thiazole rings is 1. The van der Waals surface area contributed by atoms with E-state index in [9.17, 15) is 4.79 Å². The third-order valence-corrected chi connectivity index (χ3v) is 6.66. The van der Waals surface area contributed by atoms with Gasteiger partial charge in [-0.15, -0.1) is 11.3 Å². The molecule has 3 aromatic rings. The lowest BCUT2D eigenvalue weighted by Crippen LogP contribution is -2.35. The fraction of sp³-hybridized carbons (Fsp3) is 0.360. The van der Waals surface area contributed by atoms with E-state index in [1.807, 2.05) is 32.2 Å². The lowest BCUT2D eigenvalue weighted by molar-refractivity contribution is -0.143. The van der Waals surface area contributed by atoms with E-state index >= 15 is 0 Å². The minimum absolute atomic E-state index is 0.167. The number of ether oxygens (including phenoxy) is 1. The first-order chi connectivity index (χ1) is 15.0. The highest BCUT2D eigenvalue weighted by Crippen LogP contribution is 2.33. The van der Waals surface area contributed by atoms with Gasteiger partial charge in [-0.1, -0.05) is 24.3 Å². The van der Waals surface area contributed by atoms with Crippen LogP contribution in [-0.4, -0.2) is 40.2 Å². The van der Waals surface area contributed by atoms with Crippen LogP contribution < -0.4 is 4.74 Å². The number of carboxylic acid groups (broad SMARTS) is 1. The Hall–Kier alpha value is -2.70. The molecule has 0 amide bonds. The van der Waals surface area contributed by atoms with Crippen LogP contribution in [0.4, 0.5) is 0 Å². The summed E-state index contributed by atoms with van der Waals surface area (Å²) in [5.41, 5.74) is 3.50. The van der Waals surface area contributed by atoms with Crippen molar-refractivity contribution in [1.29, 1.82) is 0 Å². The number of hydrogen-bond acceptors (Lipinski definition) is 5. The van der Waals surface area contributed by atoms with Crippen molar-refractivity contribution < 1.29 is 14.6 Å². The predicted octanol–water partition coefficient (Wildman–Crippen LogP) is 5.56. The van der Waals surface area contributed by atoms with Gasteiger partial charge < -0.3 is 9.84 Å². The summed E-state index contributed by atoms with van der Waals surface area (Å²) in [5, 5.41) is 10.1. The van der Waals surface area contributed by atoms with Gasteiger partial charge in [0.25, 0.3) is 0 Å². The Morgan fingerprint density at radius 2 is 1.74 bits per heavy atom. The second kappa shape index (κ2) is 9.62.